The van der Waals surface area contributed by atoms with Crippen LogP contribution in [0.2, 0.25) is 0 Å². The van der Waals surface area contributed by atoms with Crippen LogP contribution >= 0.6 is 0 Å². The number of hydrogen-bond donors (Lipinski definition) is 1. The predicted octanol–water partition coefficient (Wildman–Crippen LogP) is 4.10. The minimum absolute atomic E-state index is 0.0736. The smallest absolute Gasteiger partial charge is 0.281 e. The minimum atomic E-state index is -2.81. The number of rotatable bonds is 7. The van der Waals surface area contributed by atoms with E-state index in [2.05, 4.69) is 9.97 Å². The van der Waals surface area contributed by atoms with Gasteiger partial charge >= 0.3 is 0 Å². The molecule has 7 heteroatoms. The number of aromatic nitrogens is 2. The van der Waals surface area contributed by atoms with Crippen molar-refractivity contribution in [1.29, 1.82) is 5.26 Å². The van der Waals surface area contributed by atoms with E-state index in [-0.39, 0.29) is 23.6 Å². The highest BCUT2D eigenvalue weighted by Crippen LogP contribution is 2.33. The summed E-state index contributed by atoms with van der Waals surface area (Å²) in [6.45, 7) is 5.95. The van der Waals surface area contributed by atoms with E-state index in [0.717, 1.165) is 0 Å². The van der Waals surface area contributed by atoms with Crippen molar-refractivity contribution in [3.05, 3.63) is 41.9 Å². The van der Waals surface area contributed by atoms with Gasteiger partial charge in [-0.05, 0) is 43.0 Å². The Kier molecular flexibility index (Phi) is 6.22. The summed E-state index contributed by atoms with van der Waals surface area (Å²) in [7, 11) is 0. The monoisotopic (exact) mass is 360 g/mol. The lowest BCUT2D eigenvalue weighted by atomic mass is 9.93. The average molecular weight is 360 g/mol. The maximum atomic E-state index is 13.5. The Hall–Kier alpha value is -2.59. The van der Waals surface area contributed by atoms with E-state index in [9.17, 15) is 14.0 Å². The quantitative estimate of drug-likeness (QED) is 0.804. The third-order valence-corrected chi connectivity index (χ3v) is 3.75. The van der Waals surface area contributed by atoms with E-state index in [1.165, 1.54) is 18.5 Å². The molecule has 0 aliphatic carbocycles. The Bertz CT molecular complexity index is 786. The second kappa shape index (κ2) is 8.19. The summed E-state index contributed by atoms with van der Waals surface area (Å²) in [5.41, 5.74) is 5.87. The van der Waals surface area contributed by atoms with Gasteiger partial charge in [-0.3, -0.25) is 4.98 Å². The van der Waals surface area contributed by atoms with Crippen LogP contribution < -0.4 is 10.5 Å². The molecule has 0 radical (unpaired) electrons. The molecule has 0 aliphatic rings. The summed E-state index contributed by atoms with van der Waals surface area (Å²) < 4.78 is 32.6. The molecule has 0 saturated heterocycles. The van der Waals surface area contributed by atoms with Crippen molar-refractivity contribution in [2.75, 3.05) is 6.61 Å². The zero-order chi connectivity index (χ0) is 19.3. The Morgan fingerprint density at radius 3 is 2.50 bits per heavy atom. The molecule has 0 saturated carbocycles. The number of nitriles is 1. The highest BCUT2D eigenvalue weighted by molar-refractivity contribution is 5.68. The van der Waals surface area contributed by atoms with E-state index in [4.69, 9.17) is 10.5 Å². The molecule has 1 unspecified atom stereocenters. The standard InChI is InChI=1S/C19H22F2N4O/c1-12(2)9-19(3,23)11-26-18-14(10-22)8-15(16(25-18)17(20)21)13-4-6-24-7-5-13/h4-8,12,17H,9,11,23H2,1-3H3. The lowest BCUT2D eigenvalue weighted by Gasteiger charge is -2.26. The molecule has 0 bridgehead atoms. The van der Waals surface area contributed by atoms with Gasteiger partial charge in [-0.25, -0.2) is 13.8 Å². The Morgan fingerprint density at radius 1 is 1.31 bits per heavy atom. The topological polar surface area (TPSA) is 84.8 Å². The summed E-state index contributed by atoms with van der Waals surface area (Å²) in [5.74, 6) is 0.226. The molecule has 2 rings (SSSR count). The van der Waals surface area contributed by atoms with E-state index in [0.29, 0.717) is 17.9 Å². The van der Waals surface area contributed by atoms with Crippen molar-refractivity contribution in [2.45, 2.75) is 39.2 Å². The molecule has 1 atom stereocenters. The molecule has 2 heterocycles. The van der Waals surface area contributed by atoms with Crippen molar-refractivity contribution in [1.82, 2.24) is 9.97 Å². The summed E-state index contributed by atoms with van der Waals surface area (Å²) in [4.78, 5) is 7.80. The number of alkyl halides is 2. The van der Waals surface area contributed by atoms with Gasteiger partial charge in [-0.15, -0.1) is 0 Å². The summed E-state index contributed by atoms with van der Waals surface area (Å²) >= 11 is 0. The molecule has 2 aromatic rings. The van der Waals surface area contributed by atoms with Crippen molar-refractivity contribution in [3.63, 3.8) is 0 Å². The molecule has 0 aromatic carbocycles. The molecule has 2 aromatic heterocycles. The molecule has 2 N–H and O–H groups in total. The van der Waals surface area contributed by atoms with Crippen molar-refractivity contribution in [3.8, 4) is 23.1 Å². The first-order valence-electron chi connectivity index (χ1n) is 8.29. The molecule has 0 aliphatic heterocycles. The fourth-order valence-corrected chi connectivity index (χ4v) is 2.85. The number of hydrogen-bond acceptors (Lipinski definition) is 5. The highest BCUT2D eigenvalue weighted by Gasteiger charge is 2.24. The molecule has 5 nitrogen and oxygen atoms in total. The molecule has 0 amide bonds. The maximum Gasteiger partial charge on any atom is 0.281 e. The third-order valence-electron chi connectivity index (χ3n) is 3.75. The van der Waals surface area contributed by atoms with Gasteiger partial charge in [0.15, 0.2) is 0 Å². The van der Waals surface area contributed by atoms with E-state index in [1.807, 2.05) is 26.8 Å². The van der Waals surface area contributed by atoms with Crippen LogP contribution in [0.5, 0.6) is 5.88 Å². The van der Waals surface area contributed by atoms with Crippen LogP contribution in [0.1, 0.15) is 44.9 Å². The summed E-state index contributed by atoms with van der Waals surface area (Å²) in [6.07, 6.45) is 0.860. The first kappa shape index (κ1) is 19.7. The lowest BCUT2D eigenvalue weighted by molar-refractivity contribution is 0.143. The zero-order valence-corrected chi connectivity index (χ0v) is 15.0. The molecule has 26 heavy (non-hydrogen) atoms. The minimum Gasteiger partial charge on any atom is -0.475 e. The van der Waals surface area contributed by atoms with Gasteiger partial charge < -0.3 is 10.5 Å². The maximum absolute atomic E-state index is 13.5. The summed E-state index contributed by atoms with van der Waals surface area (Å²) in [5, 5.41) is 9.39. The van der Waals surface area contributed by atoms with Gasteiger partial charge in [-0.2, -0.15) is 5.26 Å². The predicted molar refractivity (Wildman–Crippen MR) is 94.7 cm³/mol. The first-order valence-corrected chi connectivity index (χ1v) is 8.29. The molecule has 0 fully saturated rings. The number of halogens is 2. The fourth-order valence-electron chi connectivity index (χ4n) is 2.85. The van der Waals surface area contributed by atoms with E-state index >= 15 is 0 Å². The van der Waals surface area contributed by atoms with E-state index < -0.39 is 17.7 Å². The van der Waals surface area contributed by atoms with Crippen LogP contribution in [0, 0.1) is 17.2 Å². The lowest BCUT2D eigenvalue weighted by Crippen LogP contribution is -2.43. The van der Waals surface area contributed by atoms with Gasteiger partial charge in [0, 0.05) is 23.5 Å². The van der Waals surface area contributed by atoms with Crippen LogP contribution in [0.15, 0.2) is 30.6 Å². The van der Waals surface area contributed by atoms with Gasteiger partial charge in [0.05, 0.1) is 0 Å². The van der Waals surface area contributed by atoms with Crippen LogP contribution in [-0.2, 0) is 0 Å². The van der Waals surface area contributed by atoms with Crippen LogP contribution in [0.3, 0.4) is 0 Å². The largest absolute Gasteiger partial charge is 0.475 e. The van der Waals surface area contributed by atoms with E-state index in [1.54, 1.807) is 12.1 Å². The van der Waals surface area contributed by atoms with Gasteiger partial charge in [0.2, 0.25) is 5.88 Å². The fraction of sp³-hybridized carbons (Fsp3) is 0.421. The third kappa shape index (κ3) is 4.96. The average Bonchev–Trinajstić information content (AvgIpc) is 2.58. The van der Waals surface area contributed by atoms with Gasteiger partial charge in [0.1, 0.15) is 23.9 Å². The summed E-state index contributed by atoms with van der Waals surface area (Å²) in [6, 6.07) is 6.51. The number of nitrogens with zero attached hydrogens (tertiary/aromatic N) is 3. The van der Waals surface area contributed by atoms with Gasteiger partial charge in [-0.1, -0.05) is 13.8 Å². The number of ether oxygens (including phenoxy) is 1. The molecule has 0 spiro atoms. The molecular weight excluding hydrogens is 338 g/mol. The first-order chi connectivity index (χ1) is 12.2. The van der Waals surface area contributed by atoms with Crippen molar-refractivity contribution >= 4 is 0 Å². The van der Waals surface area contributed by atoms with Crippen molar-refractivity contribution < 1.29 is 13.5 Å². The number of nitrogens with two attached hydrogens (primary N) is 1. The zero-order valence-electron chi connectivity index (χ0n) is 15.0. The normalized spacial score (nSPS) is 13.5. The van der Waals surface area contributed by atoms with Crippen molar-refractivity contribution in [2.24, 2.45) is 11.7 Å². The Morgan fingerprint density at radius 2 is 1.96 bits per heavy atom. The second-order valence-corrected chi connectivity index (χ2v) is 6.96. The van der Waals surface area contributed by atoms with Gasteiger partial charge in [0.25, 0.3) is 6.43 Å². The number of pyridine rings is 2. The second-order valence-electron chi connectivity index (χ2n) is 6.96. The Balaban J connectivity index is 2.39. The molecular formula is C19H22F2N4O. The van der Waals surface area contributed by atoms with Crippen LogP contribution in [0.25, 0.3) is 11.1 Å². The Labute approximate surface area is 151 Å². The highest BCUT2D eigenvalue weighted by atomic mass is 19.3. The van der Waals surface area contributed by atoms with Crippen LogP contribution in [0.4, 0.5) is 8.78 Å². The molecule has 138 valence electrons. The SMILES string of the molecule is CC(C)CC(C)(N)COc1nc(C(F)F)c(-c2ccncc2)cc1C#N. The van der Waals surface area contributed by atoms with Crippen LogP contribution in [-0.4, -0.2) is 22.1 Å².